The maximum Gasteiger partial charge on any atom is 0.328 e. The van der Waals surface area contributed by atoms with Gasteiger partial charge in [-0.2, -0.15) is 0 Å². The number of ketones is 1. The molecule has 1 atom stereocenters. The number of hydrogen-bond acceptors (Lipinski definition) is 4. The molecule has 5 heteroatoms. The number of methoxy groups -OCH3 is 1. The van der Waals surface area contributed by atoms with Gasteiger partial charge in [-0.15, -0.1) is 0 Å². The van der Waals surface area contributed by atoms with Crippen LogP contribution in [0.2, 0.25) is 0 Å². The van der Waals surface area contributed by atoms with Crippen molar-refractivity contribution in [2.75, 3.05) is 7.11 Å². The van der Waals surface area contributed by atoms with E-state index < -0.39 is 12.0 Å². The van der Waals surface area contributed by atoms with Gasteiger partial charge in [0.15, 0.2) is 0 Å². The molecule has 0 unspecified atom stereocenters. The van der Waals surface area contributed by atoms with E-state index in [0.717, 1.165) is 19.3 Å². The van der Waals surface area contributed by atoms with Crippen LogP contribution in [0.3, 0.4) is 0 Å². The van der Waals surface area contributed by atoms with Gasteiger partial charge in [0.1, 0.15) is 11.8 Å². The normalized spacial score (nSPS) is 35.7. The van der Waals surface area contributed by atoms with E-state index in [0.29, 0.717) is 24.2 Å². The molecule has 4 aliphatic carbocycles. The van der Waals surface area contributed by atoms with Gasteiger partial charge in [0.05, 0.1) is 7.11 Å². The molecule has 0 aromatic rings. The van der Waals surface area contributed by atoms with Crippen molar-refractivity contribution in [3.63, 3.8) is 0 Å². The number of ether oxygens (including phenoxy) is 1. The van der Waals surface area contributed by atoms with Gasteiger partial charge in [-0.3, -0.25) is 4.79 Å². The van der Waals surface area contributed by atoms with Crippen LogP contribution in [0, 0.1) is 23.2 Å². The van der Waals surface area contributed by atoms with E-state index in [1.165, 1.54) is 33.3 Å². The molecule has 0 saturated heterocycles. The average molecular weight is 321 g/mol. The Hall–Kier alpha value is -1.39. The number of nitrogens with one attached hydrogen (secondary N) is 1. The maximum absolute atomic E-state index is 13.0. The lowest BCUT2D eigenvalue weighted by molar-refractivity contribution is -0.153. The first-order chi connectivity index (χ1) is 10.9. The van der Waals surface area contributed by atoms with Gasteiger partial charge in [-0.1, -0.05) is 0 Å². The van der Waals surface area contributed by atoms with Gasteiger partial charge in [-0.25, -0.2) is 4.79 Å². The van der Waals surface area contributed by atoms with Crippen molar-refractivity contribution in [3.8, 4) is 0 Å². The second kappa shape index (κ2) is 6.25. The summed E-state index contributed by atoms with van der Waals surface area (Å²) in [6, 6.07) is -0.704. The van der Waals surface area contributed by atoms with Crippen LogP contribution in [0.5, 0.6) is 0 Å². The maximum atomic E-state index is 13.0. The van der Waals surface area contributed by atoms with Crippen molar-refractivity contribution < 1.29 is 19.1 Å². The van der Waals surface area contributed by atoms with Gasteiger partial charge in [0.25, 0.3) is 0 Å². The minimum atomic E-state index is -0.704. The van der Waals surface area contributed by atoms with Crippen molar-refractivity contribution in [2.45, 2.75) is 64.3 Å². The summed E-state index contributed by atoms with van der Waals surface area (Å²) in [4.78, 5) is 36.1. The van der Waals surface area contributed by atoms with Crippen LogP contribution >= 0.6 is 0 Å². The molecule has 0 radical (unpaired) electrons. The lowest BCUT2D eigenvalue weighted by Gasteiger charge is -2.55. The molecular weight excluding hydrogens is 294 g/mol. The minimum Gasteiger partial charge on any atom is -0.467 e. The van der Waals surface area contributed by atoms with Gasteiger partial charge < -0.3 is 14.8 Å². The van der Waals surface area contributed by atoms with Crippen LogP contribution in [-0.4, -0.2) is 30.8 Å². The van der Waals surface area contributed by atoms with Crippen molar-refractivity contribution in [1.82, 2.24) is 5.32 Å². The first kappa shape index (κ1) is 16.5. The standard InChI is InChI=1S/C18H27NO4/c1-11(20)3-4-15(16(21)23-2)19-17(22)18-8-12-5-13(9-18)7-14(6-12)10-18/h12-15H,3-10H2,1-2H3,(H,19,22)/t12?,13?,14?,15-,18?/m1/s1. The lowest BCUT2D eigenvalue weighted by Crippen LogP contribution is -2.56. The molecule has 0 spiro atoms. The van der Waals surface area contributed by atoms with Crippen molar-refractivity contribution in [3.05, 3.63) is 0 Å². The van der Waals surface area contributed by atoms with Crippen LogP contribution in [0.1, 0.15) is 58.3 Å². The largest absolute Gasteiger partial charge is 0.467 e. The fraction of sp³-hybridized carbons (Fsp3) is 0.833. The molecule has 4 rings (SSSR count). The summed E-state index contributed by atoms with van der Waals surface area (Å²) in [6.45, 7) is 1.50. The molecule has 1 amide bonds. The Morgan fingerprint density at radius 1 is 1.09 bits per heavy atom. The number of hydrogen-bond donors (Lipinski definition) is 1. The number of Topliss-reactive ketones (excluding diaryl/α,β-unsaturated/α-hetero) is 1. The molecule has 0 aliphatic heterocycles. The molecule has 23 heavy (non-hydrogen) atoms. The first-order valence-electron chi connectivity index (χ1n) is 8.80. The zero-order chi connectivity index (χ0) is 16.6. The predicted molar refractivity (Wildman–Crippen MR) is 84.5 cm³/mol. The van der Waals surface area contributed by atoms with Crippen LogP contribution in [0.25, 0.3) is 0 Å². The first-order valence-corrected chi connectivity index (χ1v) is 8.80. The van der Waals surface area contributed by atoms with Crippen molar-refractivity contribution in [1.29, 1.82) is 0 Å². The van der Waals surface area contributed by atoms with Crippen molar-refractivity contribution >= 4 is 17.7 Å². The van der Waals surface area contributed by atoms with Gasteiger partial charge in [0, 0.05) is 11.8 Å². The molecular formula is C18H27NO4. The summed E-state index contributed by atoms with van der Waals surface area (Å²) in [5, 5.41) is 2.91. The van der Waals surface area contributed by atoms with Crippen LogP contribution < -0.4 is 5.32 Å². The highest BCUT2D eigenvalue weighted by Gasteiger charge is 2.54. The zero-order valence-electron chi connectivity index (χ0n) is 14.1. The molecule has 0 aromatic heterocycles. The molecule has 0 heterocycles. The minimum absolute atomic E-state index is 0.00977. The predicted octanol–water partition coefficient (Wildman–Crippen LogP) is 2.23. The summed E-state index contributed by atoms with van der Waals surface area (Å²) < 4.78 is 4.80. The van der Waals surface area contributed by atoms with Crippen LogP contribution in [0.4, 0.5) is 0 Å². The van der Waals surface area contributed by atoms with E-state index in [4.69, 9.17) is 4.74 Å². The third kappa shape index (κ3) is 3.29. The van der Waals surface area contributed by atoms with Gasteiger partial charge >= 0.3 is 5.97 Å². The number of amides is 1. The molecule has 4 aliphatic rings. The second-order valence-corrected chi connectivity index (χ2v) is 7.99. The molecule has 4 fully saturated rings. The van der Waals surface area contributed by atoms with Gasteiger partial charge in [0.2, 0.25) is 5.91 Å². The Morgan fingerprint density at radius 3 is 2.04 bits per heavy atom. The van der Waals surface area contributed by atoms with E-state index in [1.807, 2.05) is 0 Å². The average Bonchev–Trinajstić information content (AvgIpc) is 2.48. The summed E-state index contributed by atoms with van der Waals surface area (Å²) >= 11 is 0. The number of carbonyl (C=O) groups excluding carboxylic acids is 3. The Balaban J connectivity index is 1.68. The topological polar surface area (TPSA) is 72.5 Å². The highest BCUT2D eigenvalue weighted by atomic mass is 16.5. The smallest absolute Gasteiger partial charge is 0.328 e. The highest BCUT2D eigenvalue weighted by molar-refractivity contribution is 5.88. The van der Waals surface area contributed by atoms with E-state index in [-0.39, 0.29) is 23.5 Å². The van der Waals surface area contributed by atoms with Crippen molar-refractivity contribution in [2.24, 2.45) is 23.2 Å². The van der Waals surface area contributed by atoms with E-state index in [9.17, 15) is 14.4 Å². The van der Waals surface area contributed by atoms with Crippen LogP contribution in [0.15, 0.2) is 0 Å². The molecule has 4 saturated carbocycles. The molecule has 0 aromatic carbocycles. The molecule has 4 bridgehead atoms. The van der Waals surface area contributed by atoms with E-state index in [2.05, 4.69) is 5.32 Å². The fourth-order valence-electron chi connectivity index (χ4n) is 5.44. The number of rotatable bonds is 6. The zero-order valence-corrected chi connectivity index (χ0v) is 14.1. The fourth-order valence-corrected chi connectivity index (χ4v) is 5.44. The van der Waals surface area contributed by atoms with E-state index in [1.54, 1.807) is 0 Å². The molecule has 128 valence electrons. The van der Waals surface area contributed by atoms with Crippen LogP contribution in [-0.2, 0) is 19.1 Å². The Morgan fingerprint density at radius 2 is 1.61 bits per heavy atom. The highest BCUT2D eigenvalue weighted by Crippen LogP contribution is 2.60. The number of esters is 1. The van der Waals surface area contributed by atoms with E-state index >= 15 is 0 Å². The quantitative estimate of drug-likeness (QED) is 0.762. The summed E-state index contributed by atoms with van der Waals surface area (Å²) in [5.74, 6) is 1.62. The molecule has 5 nitrogen and oxygen atoms in total. The number of carbonyl (C=O) groups is 3. The Bertz CT molecular complexity index is 478. The monoisotopic (exact) mass is 321 g/mol. The molecule has 1 N–H and O–H groups in total. The third-order valence-corrected chi connectivity index (χ3v) is 6.10. The Kier molecular flexibility index (Phi) is 4.47. The Labute approximate surface area is 137 Å². The summed E-state index contributed by atoms with van der Waals surface area (Å²) in [7, 11) is 1.32. The second-order valence-electron chi connectivity index (χ2n) is 7.99. The summed E-state index contributed by atoms with van der Waals surface area (Å²) in [6.07, 6.45) is 7.31. The SMILES string of the molecule is COC(=O)[C@@H](CCC(C)=O)NC(=O)C12CC3CC(CC(C3)C1)C2. The van der Waals surface area contributed by atoms with Gasteiger partial charge in [-0.05, 0) is 69.6 Å². The summed E-state index contributed by atoms with van der Waals surface area (Å²) in [5.41, 5.74) is -0.281. The third-order valence-electron chi connectivity index (χ3n) is 6.10. The lowest BCUT2D eigenvalue weighted by atomic mass is 9.49.